The molecule has 0 aliphatic carbocycles. The molecule has 0 spiro atoms. The number of hydrogen-bond acceptors (Lipinski definition) is 4. The van der Waals surface area contributed by atoms with Gasteiger partial charge in [-0.25, -0.2) is 13.3 Å². The average molecular weight is 218 g/mol. The molecule has 0 saturated carbocycles. The summed E-state index contributed by atoms with van der Waals surface area (Å²) >= 11 is 0.970. The van der Waals surface area contributed by atoms with E-state index < -0.39 is 0 Å². The lowest BCUT2D eigenvalue weighted by Crippen LogP contribution is -2.29. The van der Waals surface area contributed by atoms with Crippen LogP contribution < -0.4 is 10.6 Å². The minimum Gasteiger partial charge on any atom is -0.385 e. The van der Waals surface area contributed by atoms with Crippen molar-refractivity contribution in [3.63, 3.8) is 0 Å². The van der Waals surface area contributed by atoms with Crippen LogP contribution >= 0.6 is 11.5 Å². The highest BCUT2D eigenvalue weighted by atomic mass is 32.1. The first-order valence-corrected chi connectivity index (χ1v) is 5.28. The number of nitrogens with zero attached hydrogens (tertiary/aromatic N) is 2. The van der Waals surface area contributed by atoms with Crippen molar-refractivity contribution >= 4 is 11.5 Å². The van der Waals surface area contributed by atoms with Gasteiger partial charge in [0.25, 0.3) is 0 Å². The van der Waals surface area contributed by atoms with Gasteiger partial charge in [0.15, 0.2) is 0 Å². The minimum absolute atomic E-state index is 0.187. The third kappa shape index (κ3) is 2.33. The summed E-state index contributed by atoms with van der Waals surface area (Å²) in [6.07, 6.45) is 0.687. The van der Waals surface area contributed by atoms with Gasteiger partial charge in [-0.2, -0.15) is 0 Å². The van der Waals surface area contributed by atoms with Gasteiger partial charge in [0.2, 0.25) is 0 Å². The highest BCUT2D eigenvalue weighted by Crippen LogP contribution is 1.89. The van der Waals surface area contributed by atoms with Crippen LogP contribution in [0.15, 0.2) is 9.59 Å². The zero-order valence-corrected chi connectivity index (χ0v) is 9.17. The largest absolute Gasteiger partial charge is 0.385 e. The summed E-state index contributed by atoms with van der Waals surface area (Å²) in [6, 6.07) is 0. The molecule has 6 heteroatoms. The molecular formula is C8H14N2O3S. The summed E-state index contributed by atoms with van der Waals surface area (Å²) in [5.74, 6) is 0. The Bertz CT molecular complexity index is 390. The molecule has 0 bridgehead atoms. The second kappa shape index (κ2) is 5.11. The topological polar surface area (TPSA) is 53.2 Å². The molecule has 0 N–H and O–H groups in total. The molecular weight excluding hydrogens is 204 g/mol. The van der Waals surface area contributed by atoms with E-state index in [0.29, 0.717) is 26.1 Å². The van der Waals surface area contributed by atoms with E-state index in [4.69, 9.17) is 4.74 Å². The fourth-order valence-electron chi connectivity index (χ4n) is 1.15. The number of methoxy groups -OCH3 is 1. The summed E-state index contributed by atoms with van der Waals surface area (Å²) in [5.41, 5.74) is -0.210. The first-order chi connectivity index (χ1) is 6.70. The van der Waals surface area contributed by atoms with Gasteiger partial charge < -0.3 is 4.74 Å². The van der Waals surface area contributed by atoms with Crippen LogP contribution in [0.1, 0.15) is 13.3 Å². The fourth-order valence-corrected chi connectivity index (χ4v) is 1.91. The number of ether oxygens (including phenoxy) is 1. The molecule has 1 heterocycles. The number of aromatic nitrogens is 2. The molecule has 0 unspecified atom stereocenters. The van der Waals surface area contributed by atoms with Crippen LogP contribution in [0.4, 0.5) is 0 Å². The molecule has 0 fully saturated rings. The highest BCUT2D eigenvalue weighted by molar-refractivity contribution is 7.03. The fraction of sp³-hybridized carbons (Fsp3) is 0.750. The van der Waals surface area contributed by atoms with Gasteiger partial charge >= 0.3 is 10.6 Å². The van der Waals surface area contributed by atoms with Crippen molar-refractivity contribution in [1.82, 2.24) is 8.52 Å². The Labute approximate surface area is 85.7 Å². The standard InChI is InChI=1S/C8H14N2O3S/c1-3-10-7(11)9(8(12)14-10)5-4-6-13-2/h3-6H2,1-2H3. The van der Waals surface area contributed by atoms with Crippen molar-refractivity contribution in [2.75, 3.05) is 13.7 Å². The van der Waals surface area contributed by atoms with Crippen LogP contribution in [0.3, 0.4) is 0 Å². The van der Waals surface area contributed by atoms with E-state index in [-0.39, 0.29) is 10.6 Å². The molecule has 1 aromatic heterocycles. The Morgan fingerprint density at radius 3 is 2.64 bits per heavy atom. The van der Waals surface area contributed by atoms with Gasteiger partial charge in [0.05, 0.1) is 0 Å². The predicted molar refractivity (Wildman–Crippen MR) is 55.0 cm³/mol. The van der Waals surface area contributed by atoms with Gasteiger partial charge in [-0.1, -0.05) is 0 Å². The van der Waals surface area contributed by atoms with E-state index in [1.807, 2.05) is 6.92 Å². The molecule has 80 valence electrons. The Morgan fingerprint density at radius 1 is 1.43 bits per heavy atom. The van der Waals surface area contributed by atoms with Crippen LogP contribution in [0.25, 0.3) is 0 Å². The maximum atomic E-state index is 11.5. The van der Waals surface area contributed by atoms with Gasteiger partial charge in [-0.3, -0.25) is 4.79 Å². The minimum atomic E-state index is -0.210. The van der Waals surface area contributed by atoms with E-state index in [1.165, 1.54) is 8.52 Å². The second-order valence-electron chi connectivity index (χ2n) is 2.83. The van der Waals surface area contributed by atoms with E-state index in [1.54, 1.807) is 7.11 Å². The van der Waals surface area contributed by atoms with E-state index >= 15 is 0 Å². The predicted octanol–water partition coefficient (Wildman–Crippen LogP) is 0.128. The van der Waals surface area contributed by atoms with Crippen molar-refractivity contribution in [1.29, 1.82) is 0 Å². The van der Waals surface area contributed by atoms with Gasteiger partial charge in [-0.15, -0.1) is 0 Å². The van der Waals surface area contributed by atoms with Crippen LogP contribution in [-0.4, -0.2) is 22.2 Å². The first-order valence-electron chi connectivity index (χ1n) is 4.50. The molecule has 1 aromatic rings. The second-order valence-corrected chi connectivity index (χ2v) is 3.81. The zero-order chi connectivity index (χ0) is 10.6. The lowest BCUT2D eigenvalue weighted by molar-refractivity contribution is 0.189. The Hall–Kier alpha value is -0.880. The molecule has 5 nitrogen and oxygen atoms in total. The summed E-state index contributed by atoms with van der Waals surface area (Å²) in [7, 11) is 1.60. The van der Waals surface area contributed by atoms with Crippen molar-refractivity contribution in [2.45, 2.75) is 26.4 Å². The summed E-state index contributed by atoms with van der Waals surface area (Å²) in [6.45, 7) is 3.40. The summed E-state index contributed by atoms with van der Waals surface area (Å²) in [4.78, 5) is 22.7. The Balaban J connectivity index is 2.81. The smallest absolute Gasteiger partial charge is 0.341 e. The van der Waals surface area contributed by atoms with E-state index in [0.717, 1.165) is 11.5 Å². The maximum Gasteiger partial charge on any atom is 0.341 e. The number of aryl methyl sites for hydroxylation is 1. The maximum absolute atomic E-state index is 11.5. The molecule has 0 aliphatic heterocycles. The van der Waals surface area contributed by atoms with E-state index in [9.17, 15) is 9.59 Å². The molecule has 0 atom stereocenters. The van der Waals surface area contributed by atoms with Crippen molar-refractivity contribution in [2.24, 2.45) is 0 Å². The van der Waals surface area contributed by atoms with Crippen molar-refractivity contribution in [3.8, 4) is 0 Å². The molecule has 0 aliphatic rings. The highest BCUT2D eigenvalue weighted by Gasteiger charge is 2.07. The monoisotopic (exact) mass is 218 g/mol. The van der Waals surface area contributed by atoms with Gasteiger partial charge in [0, 0.05) is 38.3 Å². The summed E-state index contributed by atoms with van der Waals surface area (Å²) in [5, 5.41) is 0. The normalized spacial score (nSPS) is 10.7. The molecule has 0 saturated heterocycles. The third-order valence-corrected chi connectivity index (χ3v) is 2.88. The molecule has 0 amide bonds. The SMILES string of the molecule is CCn1sc(=O)n(CCCOC)c1=O. The van der Waals surface area contributed by atoms with Crippen LogP contribution in [0, 0.1) is 0 Å². The van der Waals surface area contributed by atoms with Crippen LogP contribution in [0.5, 0.6) is 0 Å². The van der Waals surface area contributed by atoms with Crippen molar-refractivity contribution < 1.29 is 4.74 Å². The summed E-state index contributed by atoms with van der Waals surface area (Å²) < 4.78 is 7.57. The average Bonchev–Trinajstić information content (AvgIpc) is 2.45. The lowest BCUT2D eigenvalue weighted by atomic mass is 10.4. The molecule has 1 rings (SSSR count). The van der Waals surface area contributed by atoms with Crippen LogP contribution in [-0.2, 0) is 17.8 Å². The zero-order valence-electron chi connectivity index (χ0n) is 8.36. The van der Waals surface area contributed by atoms with Gasteiger partial charge in [0.1, 0.15) is 0 Å². The molecule has 14 heavy (non-hydrogen) atoms. The Morgan fingerprint density at radius 2 is 2.14 bits per heavy atom. The third-order valence-electron chi connectivity index (χ3n) is 1.87. The van der Waals surface area contributed by atoms with E-state index in [2.05, 4.69) is 0 Å². The molecule has 0 aromatic carbocycles. The number of hydrogen-bond donors (Lipinski definition) is 0. The molecule has 0 radical (unpaired) electrons. The van der Waals surface area contributed by atoms with Crippen molar-refractivity contribution in [3.05, 3.63) is 20.2 Å². The lowest BCUT2D eigenvalue weighted by Gasteiger charge is -1.98. The van der Waals surface area contributed by atoms with Gasteiger partial charge in [-0.05, 0) is 13.3 Å². The van der Waals surface area contributed by atoms with Crippen LogP contribution in [0.2, 0.25) is 0 Å². The first kappa shape index (κ1) is 11.2. The quantitative estimate of drug-likeness (QED) is 0.660. The Kier molecular flexibility index (Phi) is 4.09. The number of rotatable bonds is 5.